The van der Waals surface area contributed by atoms with Crippen molar-refractivity contribution in [2.24, 2.45) is 0 Å². The van der Waals surface area contributed by atoms with Gasteiger partial charge in [0.15, 0.2) is 10.7 Å². The lowest BCUT2D eigenvalue weighted by molar-refractivity contribution is 0.103. The molecule has 0 bridgehead atoms. The molecule has 0 saturated carbocycles. The summed E-state index contributed by atoms with van der Waals surface area (Å²) in [6.45, 7) is -0.403. The summed E-state index contributed by atoms with van der Waals surface area (Å²) >= 11 is 1.06. The van der Waals surface area contributed by atoms with Crippen molar-refractivity contribution in [3.05, 3.63) is 52.1 Å². The number of benzene rings is 1. The molecule has 10 heteroatoms. The number of carbonyl (C=O) groups is 1. The summed E-state index contributed by atoms with van der Waals surface area (Å²) in [5.74, 6) is -0.368. The number of hydrogen-bond acceptors (Lipinski definition) is 6. The van der Waals surface area contributed by atoms with Gasteiger partial charge >= 0.3 is 7.82 Å². The van der Waals surface area contributed by atoms with E-state index in [2.05, 4.69) is 9.51 Å². The third kappa shape index (κ3) is 3.28. The first-order valence-electron chi connectivity index (χ1n) is 6.57. The summed E-state index contributed by atoms with van der Waals surface area (Å²) in [6.07, 6.45) is 1.45. The molecule has 3 aromatic rings. The molecule has 0 aliphatic rings. The van der Waals surface area contributed by atoms with Crippen molar-refractivity contribution in [1.82, 2.24) is 9.55 Å². The zero-order valence-corrected chi connectivity index (χ0v) is 13.7. The van der Waals surface area contributed by atoms with Crippen LogP contribution in [0.3, 0.4) is 0 Å². The van der Waals surface area contributed by atoms with E-state index < -0.39 is 14.6 Å². The van der Waals surface area contributed by atoms with Gasteiger partial charge in [-0.2, -0.15) is 5.26 Å². The second kappa shape index (κ2) is 6.28. The Balaban J connectivity index is 2.03. The fourth-order valence-corrected chi connectivity index (χ4v) is 3.19. The van der Waals surface area contributed by atoms with Crippen LogP contribution in [0.4, 0.5) is 0 Å². The zero-order chi connectivity index (χ0) is 17.3. The van der Waals surface area contributed by atoms with E-state index >= 15 is 0 Å². The predicted octanol–water partition coefficient (Wildman–Crippen LogP) is 2.27. The van der Waals surface area contributed by atoms with Gasteiger partial charge in [0, 0.05) is 17.0 Å². The van der Waals surface area contributed by atoms with Crippen LogP contribution in [-0.4, -0.2) is 25.1 Å². The highest BCUT2D eigenvalue weighted by Crippen LogP contribution is 2.37. The third-order valence-electron chi connectivity index (χ3n) is 3.21. The molecule has 2 N–H and O–H groups in total. The lowest BCUT2D eigenvalue weighted by atomic mass is 10.1. The highest BCUT2D eigenvalue weighted by atomic mass is 32.1. The van der Waals surface area contributed by atoms with E-state index in [0.29, 0.717) is 16.5 Å². The summed E-state index contributed by atoms with van der Waals surface area (Å²) in [5, 5.41) is 11.1. The minimum atomic E-state index is -4.63. The molecule has 0 aliphatic heterocycles. The van der Waals surface area contributed by atoms with Crippen molar-refractivity contribution < 1.29 is 23.7 Å². The van der Waals surface area contributed by atoms with E-state index in [0.717, 1.165) is 11.3 Å². The average Bonchev–Trinajstić information content (AvgIpc) is 3.16. The Morgan fingerprint density at radius 1 is 1.42 bits per heavy atom. The van der Waals surface area contributed by atoms with Gasteiger partial charge in [0.2, 0.25) is 5.78 Å². The second-order valence-electron chi connectivity index (χ2n) is 4.76. The Labute approximate surface area is 139 Å². The molecule has 122 valence electrons. The van der Waals surface area contributed by atoms with Crippen LogP contribution in [0.1, 0.15) is 21.1 Å². The molecule has 3 rings (SSSR count). The van der Waals surface area contributed by atoms with E-state index in [1.807, 2.05) is 6.07 Å². The number of para-hydroxylation sites is 1. The molecule has 0 fully saturated rings. The van der Waals surface area contributed by atoms with Crippen LogP contribution in [0, 0.1) is 11.3 Å². The van der Waals surface area contributed by atoms with Gasteiger partial charge in [-0.3, -0.25) is 9.32 Å². The van der Waals surface area contributed by atoms with Gasteiger partial charge in [-0.25, -0.2) is 9.55 Å². The maximum Gasteiger partial charge on any atom is 0.471 e. The van der Waals surface area contributed by atoms with Crippen LogP contribution in [0.2, 0.25) is 0 Å². The van der Waals surface area contributed by atoms with Crippen LogP contribution in [-0.2, 0) is 15.8 Å². The normalized spacial score (nSPS) is 11.5. The topological polar surface area (TPSA) is 125 Å². The molecule has 1 aromatic carbocycles. The molecular formula is C14H10N3O5PS. The Hall–Kier alpha value is -2.34. The standard InChI is InChI=1S/C14H10N3O5PS/c15-5-9-7-24-14(16-9)13(18)11-6-17(8-22-23(19,20)21)12-4-2-1-3-10(11)12/h1-4,6-7H,8H2,(H2,19,20,21). The lowest BCUT2D eigenvalue weighted by Crippen LogP contribution is -2.02. The SMILES string of the molecule is N#Cc1csc(C(=O)c2cn(COP(=O)(O)O)c3ccccc23)n1. The number of fused-ring (bicyclic) bond motifs is 1. The van der Waals surface area contributed by atoms with Crippen LogP contribution >= 0.6 is 19.2 Å². The Kier molecular flexibility index (Phi) is 4.32. The van der Waals surface area contributed by atoms with Crippen molar-refractivity contribution >= 4 is 35.8 Å². The summed E-state index contributed by atoms with van der Waals surface area (Å²) in [6, 6.07) is 8.78. The van der Waals surface area contributed by atoms with E-state index in [4.69, 9.17) is 15.0 Å². The van der Waals surface area contributed by atoms with E-state index in [-0.39, 0.29) is 16.5 Å². The third-order valence-corrected chi connectivity index (χ3v) is 4.50. The molecule has 0 saturated heterocycles. The highest BCUT2D eigenvalue weighted by Gasteiger charge is 2.21. The largest absolute Gasteiger partial charge is 0.471 e. The number of phosphoric acid groups is 1. The fraction of sp³-hybridized carbons (Fsp3) is 0.0714. The number of thiazole rings is 1. The van der Waals surface area contributed by atoms with Crippen LogP contribution in [0.15, 0.2) is 35.8 Å². The first-order valence-corrected chi connectivity index (χ1v) is 8.98. The Morgan fingerprint density at radius 2 is 2.17 bits per heavy atom. The summed E-state index contributed by atoms with van der Waals surface area (Å²) < 4.78 is 16.8. The van der Waals surface area contributed by atoms with Gasteiger partial charge in [0.25, 0.3) is 0 Å². The molecule has 2 heterocycles. The molecule has 0 radical (unpaired) electrons. The summed E-state index contributed by atoms with van der Waals surface area (Å²) in [4.78, 5) is 34.3. The number of ketones is 1. The maximum absolute atomic E-state index is 12.6. The molecule has 2 aromatic heterocycles. The molecule has 8 nitrogen and oxygen atoms in total. The van der Waals surface area contributed by atoms with Crippen molar-refractivity contribution in [2.45, 2.75) is 6.73 Å². The summed E-state index contributed by atoms with van der Waals surface area (Å²) in [7, 11) is -4.63. The van der Waals surface area contributed by atoms with Gasteiger partial charge in [-0.15, -0.1) is 11.3 Å². The second-order valence-corrected chi connectivity index (χ2v) is 6.85. The van der Waals surface area contributed by atoms with Gasteiger partial charge in [-0.05, 0) is 6.07 Å². The zero-order valence-electron chi connectivity index (χ0n) is 12.0. The summed E-state index contributed by atoms with van der Waals surface area (Å²) in [5.41, 5.74) is 1.07. The van der Waals surface area contributed by atoms with Gasteiger partial charge < -0.3 is 14.4 Å². The maximum atomic E-state index is 12.6. The molecule has 0 atom stereocenters. The number of nitrogens with zero attached hydrogens (tertiary/aromatic N) is 3. The molecular weight excluding hydrogens is 353 g/mol. The number of phosphoric ester groups is 1. The number of hydrogen-bond donors (Lipinski definition) is 2. The number of carbonyl (C=O) groups excluding carboxylic acids is 1. The predicted molar refractivity (Wildman–Crippen MR) is 85.3 cm³/mol. The smallest absolute Gasteiger partial charge is 0.322 e. The Morgan fingerprint density at radius 3 is 2.83 bits per heavy atom. The van der Waals surface area contributed by atoms with Gasteiger partial charge in [-0.1, -0.05) is 18.2 Å². The van der Waals surface area contributed by atoms with E-state index in [9.17, 15) is 9.36 Å². The quantitative estimate of drug-likeness (QED) is 0.526. The number of aromatic nitrogens is 2. The van der Waals surface area contributed by atoms with E-state index in [1.54, 1.807) is 24.3 Å². The first-order chi connectivity index (χ1) is 11.4. The highest BCUT2D eigenvalue weighted by molar-refractivity contribution is 7.46. The van der Waals surface area contributed by atoms with Crippen molar-refractivity contribution in [3.8, 4) is 6.07 Å². The minimum absolute atomic E-state index is 0.164. The number of nitriles is 1. The van der Waals surface area contributed by atoms with E-state index in [1.165, 1.54) is 16.1 Å². The fourth-order valence-electron chi connectivity index (χ4n) is 2.22. The monoisotopic (exact) mass is 363 g/mol. The molecule has 0 amide bonds. The van der Waals surface area contributed by atoms with Crippen molar-refractivity contribution in [1.29, 1.82) is 5.26 Å². The first kappa shape index (κ1) is 16.5. The minimum Gasteiger partial charge on any atom is -0.322 e. The van der Waals surface area contributed by atoms with Gasteiger partial charge in [0.05, 0.1) is 11.1 Å². The number of rotatable bonds is 5. The Bertz CT molecular complexity index is 1010. The van der Waals surface area contributed by atoms with Crippen LogP contribution < -0.4 is 0 Å². The van der Waals surface area contributed by atoms with Crippen LogP contribution in [0.5, 0.6) is 0 Å². The van der Waals surface area contributed by atoms with Gasteiger partial charge in [0.1, 0.15) is 12.8 Å². The molecule has 0 unspecified atom stereocenters. The van der Waals surface area contributed by atoms with Crippen molar-refractivity contribution in [3.63, 3.8) is 0 Å². The molecule has 0 aliphatic carbocycles. The van der Waals surface area contributed by atoms with Crippen molar-refractivity contribution in [2.75, 3.05) is 0 Å². The molecule has 24 heavy (non-hydrogen) atoms. The van der Waals surface area contributed by atoms with Crippen LogP contribution in [0.25, 0.3) is 10.9 Å². The average molecular weight is 363 g/mol. The lowest BCUT2D eigenvalue weighted by Gasteiger charge is -2.07. The molecule has 0 spiro atoms.